The lowest BCUT2D eigenvalue weighted by molar-refractivity contribution is -0.385. The molecule has 15 nitrogen and oxygen atoms in total. The minimum absolute atomic E-state index is 0.000000000000000222. The Morgan fingerprint density at radius 2 is 0.575 bits per heavy atom. The van der Waals surface area contributed by atoms with Crippen LogP contribution in [0.2, 0.25) is 0 Å². The smallest absolute Gasteiger partial charge is 0.269 e. The van der Waals surface area contributed by atoms with Crippen molar-refractivity contribution < 1.29 is 58.3 Å². The van der Waals surface area contributed by atoms with E-state index in [9.17, 15) is 68.6 Å². The van der Waals surface area contributed by atoms with Crippen LogP contribution in [-0.2, 0) is 40.3 Å². The number of carbonyl (C=O) groups excluding carboxylic acids is 3. The van der Waals surface area contributed by atoms with Gasteiger partial charge in [-0.3, -0.25) is 34.6 Å². The highest BCUT2D eigenvalue weighted by Gasteiger charge is 2.16. The Morgan fingerprint density at radius 3 is 0.808 bits per heavy atom. The van der Waals surface area contributed by atoms with Gasteiger partial charge in [-0.25, -0.2) is 34.0 Å². The van der Waals surface area contributed by atoms with Gasteiger partial charge in [0, 0.05) is 59.7 Å². The molecule has 0 bridgehead atoms. The summed E-state index contributed by atoms with van der Waals surface area (Å²) in [6.07, 6.45) is 3.35. The lowest BCUT2D eigenvalue weighted by Crippen LogP contribution is -2.11. The second kappa shape index (κ2) is 27.6. The zero-order valence-corrected chi connectivity index (χ0v) is 45.0. The zero-order valence-electron chi connectivity index (χ0n) is 42.5. The number of Topliss-reactive ketones (excluding diaryl/α,β-unsaturated/α-hetero) is 3. The van der Waals surface area contributed by atoms with Crippen LogP contribution in [-0.4, -0.2) is 71.2 Å². The summed E-state index contributed by atoms with van der Waals surface area (Å²) in [5, 5.41) is 20.4. The van der Waals surface area contributed by atoms with Crippen LogP contribution in [0.3, 0.4) is 0 Å². The fourth-order valence-electron chi connectivity index (χ4n) is 5.41. The van der Waals surface area contributed by atoms with Crippen molar-refractivity contribution in [3.8, 4) is 0 Å². The van der Waals surface area contributed by atoms with Crippen molar-refractivity contribution >= 4 is 58.2 Å². The monoisotopic (exact) mass is 1070 g/mol. The van der Waals surface area contributed by atoms with Crippen molar-refractivity contribution in [3.05, 3.63) is 205 Å². The number of nitro benzene ring substituents is 2. The number of ketones is 3. The topological polar surface area (TPSA) is 240 Å². The molecule has 0 saturated heterocycles. The molecule has 0 fully saturated rings. The molecule has 0 aliphatic rings. The molecule has 0 spiro atoms. The highest BCUT2D eigenvalue weighted by molar-refractivity contribution is 7.91. The molecule has 6 aromatic carbocycles. The average Bonchev–Trinajstić information content (AvgIpc) is 3.29. The number of nitrogens with zero attached hydrogens (tertiary/aromatic N) is 2. The van der Waals surface area contributed by atoms with Crippen molar-refractivity contribution in [1.82, 2.24) is 0 Å². The maximum absolute atomic E-state index is 12.3. The minimum Gasteiger partial charge on any atom is -0.295 e. The summed E-state index contributed by atoms with van der Waals surface area (Å²) in [6, 6.07) is 35.4. The SMILES string of the molecule is CC(=O)c1ccc(C(C)(C)C)cc1.CC(=O)c1ccc(F)cc1.CC(=O)c1ccc([N+](=O)[O-])cc1.CC(C)(C)c1ccc(S(C)(=O)=O)cc1.CS(=O)(=O)c1ccc(F)cc1.CS(=O)(=O)c1ccc([N+](=O)[O-])cc1. The molecule has 0 radical (unpaired) electrons. The lowest BCUT2D eigenvalue weighted by Gasteiger charge is -2.18. The molecule has 0 atom stereocenters. The van der Waals surface area contributed by atoms with E-state index in [4.69, 9.17) is 0 Å². The van der Waals surface area contributed by atoms with E-state index in [-0.39, 0.29) is 55.2 Å². The molecule has 20 heteroatoms. The summed E-state index contributed by atoms with van der Waals surface area (Å²) < 4.78 is 90.4. The van der Waals surface area contributed by atoms with E-state index in [0.717, 1.165) is 47.9 Å². The molecule has 392 valence electrons. The van der Waals surface area contributed by atoms with E-state index in [0.29, 0.717) is 16.0 Å². The molecule has 0 saturated carbocycles. The van der Waals surface area contributed by atoms with Gasteiger partial charge in [-0.05, 0) is 128 Å². The lowest BCUT2D eigenvalue weighted by atomic mass is 9.86. The van der Waals surface area contributed by atoms with Crippen LogP contribution in [0.25, 0.3) is 0 Å². The summed E-state index contributed by atoms with van der Waals surface area (Å²) >= 11 is 0. The van der Waals surface area contributed by atoms with Crippen molar-refractivity contribution in [2.45, 2.75) is 87.8 Å². The van der Waals surface area contributed by atoms with Crippen LogP contribution in [0.15, 0.2) is 160 Å². The Labute approximate surface area is 426 Å². The first kappa shape index (κ1) is 63.9. The molecule has 0 aromatic heterocycles. The first-order valence-corrected chi connectivity index (χ1v) is 27.4. The van der Waals surface area contributed by atoms with Crippen LogP contribution in [0.5, 0.6) is 0 Å². The number of hydrogen-bond acceptors (Lipinski definition) is 13. The summed E-state index contributed by atoms with van der Waals surface area (Å²) in [5.74, 6) is -0.757. The first-order valence-electron chi connectivity index (χ1n) is 21.7. The number of halogens is 2. The summed E-state index contributed by atoms with van der Waals surface area (Å²) in [4.78, 5) is 52.3. The van der Waals surface area contributed by atoms with E-state index in [2.05, 4.69) is 41.5 Å². The average molecular weight is 1070 g/mol. The third-order valence-electron chi connectivity index (χ3n) is 9.76. The Bertz CT molecular complexity index is 3120. The van der Waals surface area contributed by atoms with E-state index in [1.807, 2.05) is 36.4 Å². The summed E-state index contributed by atoms with van der Waals surface area (Å²) in [5.41, 5.74) is 4.33. The van der Waals surface area contributed by atoms with Gasteiger partial charge in [0.05, 0.1) is 24.5 Å². The van der Waals surface area contributed by atoms with E-state index in [1.54, 1.807) is 19.1 Å². The molecular weight excluding hydrogens is 1010 g/mol. The largest absolute Gasteiger partial charge is 0.295 e. The van der Waals surface area contributed by atoms with Crippen LogP contribution >= 0.6 is 0 Å². The fourth-order valence-corrected chi connectivity index (χ4v) is 7.30. The standard InChI is InChI=1S/C12H16O.C11H16O2S.C8H7FO.C8H7NO3.C7H7FO2S.C7H7NO4S/c1-9(13)10-5-7-11(8-6-10)12(2,3)4;1-11(2,3)9-5-7-10(8-6-9)14(4,12)13;1-6(10)7-2-4-8(9)5-3-7;1-6(10)7-2-4-8(5-3-7)9(11)12;1-11(9,10)7-4-2-6(8)3-5-7;1-13(11,12)7-4-2-6(3-5-7)8(9)10/h5-8H,1-4H3;5-8H,1-4H3;2-5H,1H3;2-5H,1H3;2-5H,1H3;2-5H,1H3. The van der Waals surface area contributed by atoms with Crippen molar-refractivity contribution in [3.63, 3.8) is 0 Å². The van der Waals surface area contributed by atoms with Gasteiger partial charge in [-0.15, -0.1) is 0 Å². The summed E-state index contributed by atoms with van der Waals surface area (Å²) in [6.45, 7) is 17.2. The maximum Gasteiger partial charge on any atom is 0.269 e. The van der Waals surface area contributed by atoms with Gasteiger partial charge in [0.25, 0.3) is 11.4 Å². The molecule has 6 rings (SSSR count). The third-order valence-corrected chi connectivity index (χ3v) is 13.1. The maximum atomic E-state index is 12.3. The van der Waals surface area contributed by atoms with Gasteiger partial charge in [0.2, 0.25) is 0 Å². The van der Waals surface area contributed by atoms with E-state index in [1.165, 1.54) is 98.5 Å². The normalized spacial score (nSPS) is 11.0. The Balaban J connectivity index is 0.000000439. The van der Waals surface area contributed by atoms with Crippen LogP contribution in [0.4, 0.5) is 20.2 Å². The second-order valence-electron chi connectivity index (χ2n) is 18.1. The Hall–Kier alpha value is -7.16. The van der Waals surface area contributed by atoms with Crippen LogP contribution in [0.1, 0.15) is 105 Å². The van der Waals surface area contributed by atoms with E-state index >= 15 is 0 Å². The van der Waals surface area contributed by atoms with E-state index < -0.39 is 45.2 Å². The second-order valence-corrected chi connectivity index (χ2v) is 24.1. The van der Waals surface area contributed by atoms with Gasteiger partial charge in [-0.2, -0.15) is 0 Å². The van der Waals surface area contributed by atoms with Crippen molar-refractivity contribution in [2.75, 3.05) is 18.8 Å². The van der Waals surface area contributed by atoms with Crippen molar-refractivity contribution in [2.24, 2.45) is 0 Å². The molecule has 0 N–H and O–H groups in total. The van der Waals surface area contributed by atoms with Gasteiger partial charge >= 0.3 is 0 Å². The number of nitro groups is 2. The highest BCUT2D eigenvalue weighted by atomic mass is 32.2. The van der Waals surface area contributed by atoms with Crippen molar-refractivity contribution in [1.29, 1.82) is 0 Å². The number of rotatable bonds is 8. The third kappa shape index (κ3) is 24.2. The Morgan fingerprint density at radius 1 is 0.384 bits per heavy atom. The van der Waals surface area contributed by atoms with Gasteiger partial charge in [0.1, 0.15) is 11.6 Å². The number of benzene rings is 6. The molecule has 0 heterocycles. The first-order chi connectivity index (χ1) is 33.3. The number of sulfone groups is 3. The molecular formula is C53H60F2N2O13S3. The van der Waals surface area contributed by atoms with Crippen LogP contribution in [0, 0.1) is 31.9 Å². The summed E-state index contributed by atoms with van der Waals surface area (Å²) in [7, 11) is -9.52. The number of hydrogen-bond donors (Lipinski definition) is 0. The molecule has 6 aromatic rings. The molecule has 0 unspecified atom stereocenters. The van der Waals surface area contributed by atoms with Crippen LogP contribution < -0.4 is 0 Å². The number of non-ortho nitro benzene ring substituents is 2. The van der Waals surface area contributed by atoms with Gasteiger partial charge in [0.15, 0.2) is 46.9 Å². The van der Waals surface area contributed by atoms with Gasteiger partial charge in [-0.1, -0.05) is 77.9 Å². The quantitative estimate of drug-likeness (QED) is 0.0597. The fraction of sp³-hybridized carbons (Fsp3) is 0.264. The Kier molecular flexibility index (Phi) is 24.1. The molecule has 0 aliphatic heterocycles. The minimum atomic E-state index is -3.27. The number of carbonyl (C=O) groups is 3. The molecule has 0 aliphatic carbocycles. The predicted octanol–water partition coefficient (Wildman–Crippen LogP) is 11.6. The highest BCUT2D eigenvalue weighted by Crippen LogP contribution is 2.24. The predicted molar refractivity (Wildman–Crippen MR) is 279 cm³/mol. The van der Waals surface area contributed by atoms with Gasteiger partial charge < -0.3 is 0 Å². The molecule has 0 amide bonds. The molecule has 73 heavy (non-hydrogen) atoms. The zero-order chi connectivity index (χ0) is 56.3.